The first kappa shape index (κ1) is 12.1. The third-order valence-electron chi connectivity index (χ3n) is 2.58. The second kappa shape index (κ2) is 5.38. The van der Waals surface area contributed by atoms with Crippen molar-refractivity contribution in [3.8, 4) is 5.69 Å². The zero-order valence-electron chi connectivity index (χ0n) is 9.82. The lowest BCUT2D eigenvalue weighted by atomic mass is 10.2. The van der Waals surface area contributed by atoms with Crippen molar-refractivity contribution in [2.45, 2.75) is 6.54 Å². The third-order valence-corrected chi connectivity index (χ3v) is 3.52. The monoisotopic (exact) mass is 291 g/mol. The third kappa shape index (κ3) is 2.59. The molecule has 0 spiro atoms. The molecule has 0 aliphatic rings. The van der Waals surface area contributed by atoms with E-state index in [4.69, 9.17) is 11.6 Å². The average molecular weight is 292 g/mol. The van der Waals surface area contributed by atoms with Gasteiger partial charge in [-0.3, -0.25) is 0 Å². The van der Waals surface area contributed by atoms with Gasteiger partial charge in [-0.25, -0.2) is 14.6 Å². The van der Waals surface area contributed by atoms with Crippen LogP contribution < -0.4 is 5.32 Å². The predicted octanol–water partition coefficient (Wildman–Crippen LogP) is 2.99. The van der Waals surface area contributed by atoms with Gasteiger partial charge in [-0.05, 0) is 12.1 Å². The Morgan fingerprint density at radius 2 is 2.32 bits per heavy atom. The molecule has 0 aliphatic heterocycles. The number of hydrogen-bond acceptors (Lipinski definition) is 5. The summed E-state index contributed by atoms with van der Waals surface area (Å²) < 4.78 is 1.64. The number of benzene rings is 1. The van der Waals surface area contributed by atoms with Crippen molar-refractivity contribution in [3.05, 3.63) is 52.5 Å². The number of nitrogens with zero attached hydrogens (tertiary/aromatic N) is 4. The highest BCUT2D eigenvalue weighted by Gasteiger charge is 2.09. The molecule has 0 unspecified atom stereocenters. The predicted molar refractivity (Wildman–Crippen MR) is 75.8 cm³/mol. The van der Waals surface area contributed by atoms with Crippen LogP contribution in [0.15, 0.2) is 41.7 Å². The maximum atomic E-state index is 6.24. The van der Waals surface area contributed by atoms with E-state index >= 15 is 0 Å². The van der Waals surface area contributed by atoms with Crippen molar-refractivity contribution in [2.24, 2.45) is 0 Å². The molecule has 0 radical (unpaired) electrons. The van der Waals surface area contributed by atoms with E-state index in [1.54, 1.807) is 22.3 Å². The zero-order chi connectivity index (χ0) is 13.1. The molecular weight excluding hydrogens is 282 g/mol. The van der Waals surface area contributed by atoms with E-state index in [0.717, 1.165) is 17.1 Å². The fourth-order valence-corrected chi connectivity index (χ4v) is 2.54. The van der Waals surface area contributed by atoms with Crippen molar-refractivity contribution < 1.29 is 0 Å². The first-order valence-electron chi connectivity index (χ1n) is 5.59. The van der Waals surface area contributed by atoms with Gasteiger partial charge in [-0.15, -0.1) is 11.3 Å². The van der Waals surface area contributed by atoms with Crippen LogP contribution >= 0.6 is 22.9 Å². The van der Waals surface area contributed by atoms with Crippen molar-refractivity contribution in [3.63, 3.8) is 0 Å². The van der Waals surface area contributed by atoms with E-state index in [9.17, 15) is 0 Å². The molecule has 1 aromatic carbocycles. The second-order valence-electron chi connectivity index (χ2n) is 3.81. The first-order valence-corrected chi connectivity index (χ1v) is 6.91. The Morgan fingerprint density at radius 1 is 1.37 bits per heavy atom. The molecule has 0 atom stereocenters. The van der Waals surface area contributed by atoms with Gasteiger partial charge < -0.3 is 5.32 Å². The van der Waals surface area contributed by atoms with Gasteiger partial charge in [0.15, 0.2) is 0 Å². The highest BCUT2D eigenvalue weighted by Crippen LogP contribution is 2.28. The highest BCUT2D eigenvalue weighted by atomic mass is 35.5. The normalized spacial score (nSPS) is 10.6. The van der Waals surface area contributed by atoms with Crippen LogP contribution in [-0.4, -0.2) is 19.7 Å². The lowest BCUT2D eigenvalue weighted by Gasteiger charge is -2.12. The van der Waals surface area contributed by atoms with E-state index in [2.05, 4.69) is 20.4 Å². The molecule has 0 saturated heterocycles. The summed E-state index contributed by atoms with van der Waals surface area (Å²) in [6.07, 6.45) is 3.10. The van der Waals surface area contributed by atoms with Gasteiger partial charge in [-0.1, -0.05) is 17.7 Å². The van der Waals surface area contributed by atoms with Gasteiger partial charge in [0, 0.05) is 5.38 Å². The first-order chi connectivity index (χ1) is 9.34. The molecule has 19 heavy (non-hydrogen) atoms. The second-order valence-corrected chi connectivity index (χ2v) is 4.94. The molecule has 2 heterocycles. The Kier molecular flexibility index (Phi) is 3.43. The minimum absolute atomic E-state index is 0.619. The Balaban J connectivity index is 1.91. The average Bonchev–Trinajstić information content (AvgIpc) is 3.09. The van der Waals surface area contributed by atoms with E-state index in [1.807, 2.05) is 29.1 Å². The Hall–Kier alpha value is -1.92. The molecular formula is C12H10ClN5S. The molecule has 5 nitrogen and oxygen atoms in total. The number of nitrogens with one attached hydrogen (secondary N) is 1. The van der Waals surface area contributed by atoms with Crippen LogP contribution in [0.5, 0.6) is 0 Å². The fourth-order valence-electron chi connectivity index (χ4n) is 1.73. The smallest absolute Gasteiger partial charge is 0.138 e. The zero-order valence-corrected chi connectivity index (χ0v) is 11.4. The number of thiazole rings is 1. The molecule has 0 fully saturated rings. The van der Waals surface area contributed by atoms with E-state index in [1.165, 1.54) is 6.33 Å². The van der Waals surface area contributed by atoms with Gasteiger partial charge in [0.25, 0.3) is 0 Å². The topological polar surface area (TPSA) is 55.6 Å². The lowest BCUT2D eigenvalue weighted by Crippen LogP contribution is -2.05. The maximum absolute atomic E-state index is 6.24. The molecule has 7 heteroatoms. The summed E-state index contributed by atoms with van der Waals surface area (Å²) in [5, 5.41) is 10.1. The number of rotatable bonds is 4. The molecule has 2 aromatic heterocycles. The Morgan fingerprint density at radius 3 is 3.05 bits per heavy atom. The summed E-state index contributed by atoms with van der Waals surface area (Å²) in [6.45, 7) is 0.644. The summed E-state index contributed by atoms with van der Waals surface area (Å²) >= 11 is 7.81. The minimum atomic E-state index is 0.619. The number of aromatic nitrogens is 4. The van der Waals surface area contributed by atoms with Gasteiger partial charge in [0.05, 0.1) is 28.5 Å². The van der Waals surface area contributed by atoms with Gasteiger partial charge >= 0.3 is 0 Å². The van der Waals surface area contributed by atoms with Crippen LogP contribution in [-0.2, 0) is 6.54 Å². The van der Waals surface area contributed by atoms with Gasteiger partial charge in [0.2, 0.25) is 0 Å². The number of halogens is 1. The SMILES string of the molecule is Clc1cccc(NCc2cscn2)c1-n1cncn1. The summed E-state index contributed by atoms with van der Waals surface area (Å²) in [5.41, 5.74) is 4.49. The number of hydrogen-bond donors (Lipinski definition) is 1. The van der Waals surface area contributed by atoms with Crippen molar-refractivity contribution in [2.75, 3.05) is 5.32 Å². The molecule has 0 saturated carbocycles. The van der Waals surface area contributed by atoms with Crippen LogP contribution in [0.1, 0.15) is 5.69 Å². The Bertz CT molecular complexity index is 651. The quantitative estimate of drug-likeness (QED) is 0.803. The summed E-state index contributed by atoms with van der Waals surface area (Å²) in [6, 6.07) is 5.67. The van der Waals surface area contributed by atoms with E-state index in [-0.39, 0.29) is 0 Å². The molecule has 0 aliphatic carbocycles. The molecule has 1 N–H and O–H groups in total. The fraction of sp³-hybridized carbons (Fsp3) is 0.0833. The van der Waals surface area contributed by atoms with Gasteiger partial charge in [-0.2, -0.15) is 5.10 Å². The molecule has 0 amide bonds. The van der Waals surface area contributed by atoms with Crippen LogP contribution in [0.3, 0.4) is 0 Å². The Labute approximate surface area is 118 Å². The summed E-state index contributed by atoms with van der Waals surface area (Å²) in [5.74, 6) is 0. The number of anilines is 1. The van der Waals surface area contributed by atoms with Gasteiger partial charge in [0.1, 0.15) is 18.3 Å². The molecule has 3 rings (SSSR count). The highest BCUT2D eigenvalue weighted by molar-refractivity contribution is 7.07. The van der Waals surface area contributed by atoms with E-state index < -0.39 is 0 Å². The van der Waals surface area contributed by atoms with Crippen LogP contribution in [0, 0.1) is 0 Å². The summed E-state index contributed by atoms with van der Waals surface area (Å²) in [4.78, 5) is 8.18. The van der Waals surface area contributed by atoms with Crippen molar-refractivity contribution >= 4 is 28.6 Å². The minimum Gasteiger partial charge on any atom is -0.378 e. The molecule has 3 aromatic rings. The van der Waals surface area contributed by atoms with Crippen LogP contribution in [0.4, 0.5) is 5.69 Å². The van der Waals surface area contributed by atoms with E-state index in [0.29, 0.717) is 11.6 Å². The summed E-state index contributed by atoms with van der Waals surface area (Å²) in [7, 11) is 0. The largest absolute Gasteiger partial charge is 0.378 e. The van der Waals surface area contributed by atoms with Crippen molar-refractivity contribution in [1.82, 2.24) is 19.7 Å². The molecule has 96 valence electrons. The molecule has 0 bridgehead atoms. The standard InChI is InChI=1S/C12H10ClN5S/c13-10-2-1-3-11(12(10)18-7-14-6-17-18)15-4-9-5-19-8-16-9/h1-3,5-8,15H,4H2. The van der Waals surface area contributed by atoms with Crippen molar-refractivity contribution in [1.29, 1.82) is 0 Å². The van der Waals surface area contributed by atoms with Crippen LogP contribution in [0.2, 0.25) is 5.02 Å². The lowest BCUT2D eigenvalue weighted by molar-refractivity contribution is 0.877. The maximum Gasteiger partial charge on any atom is 0.138 e. The number of para-hydroxylation sites is 1. The van der Waals surface area contributed by atoms with Crippen LogP contribution in [0.25, 0.3) is 5.69 Å².